The standard InChI is InChI=1S/C22H24F2N4O/c1-15(21-25-19-5-3-4-6-20(19)28(21)22(23)24)26-11-13-27(14-12-26)18-9-7-17(8-10-18)16(2)29/h3-10,15,22H,11-14H2,1-2H3/t15-/m1/s1. The van der Waals surface area contributed by atoms with Crippen LogP contribution in [0.3, 0.4) is 0 Å². The largest absolute Gasteiger partial charge is 0.369 e. The molecule has 1 aromatic heterocycles. The van der Waals surface area contributed by atoms with Crippen LogP contribution in [0.2, 0.25) is 0 Å². The smallest absolute Gasteiger partial charge is 0.320 e. The first-order valence-corrected chi connectivity index (χ1v) is 9.80. The number of carbonyl (C=O) groups is 1. The molecule has 3 aromatic rings. The highest BCUT2D eigenvalue weighted by atomic mass is 19.3. The van der Waals surface area contributed by atoms with Gasteiger partial charge in [0.15, 0.2) is 5.78 Å². The Balaban J connectivity index is 1.49. The Morgan fingerprint density at radius 3 is 2.28 bits per heavy atom. The zero-order chi connectivity index (χ0) is 20.5. The van der Waals surface area contributed by atoms with Crippen molar-refractivity contribution in [2.75, 3.05) is 31.1 Å². The lowest BCUT2D eigenvalue weighted by molar-refractivity contribution is 0.0641. The van der Waals surface area contributed by atoms with Gasteiger partial charge in [0, 0.05) is 37.4 Å². The van der Waals surface area contributed by atoms with E-state index in [1.165, 1.54) is 0 Å². The number of imidazole rings is 1. The number of carbonyl (C=O) groups excluding carboxylic acids is 1. The van der Waals surface area contributed by atoms with Crippen LogP contribution in [0, 0.1) is 0 Å². The van der Waals surface area contributed by atoms with Crippen molar-refractivity contribution >= 4 is 22.5 Å². The minimum atomic E-state index is -2.62. The highest BCUT2D eigenvalue weighted by Gasteiger charge is 2.28. The number of hydrogen-bond acceptors (Lipinski definition) is 4. The number of alkyl halides is 2. The first-order valence-electron chi connectivity index (χ1n) is 9.80. The molecule has 0 aliphatic carbocycles. The molecule has 0 amide bonds. The van der Waals surface area contributed by atoms with E-state index in [4.69, 9.17) is 0 Å². The molecule has 1 fully saturated rings. The lowest BCUT2D eigenvalue weighted by atomic mass is 10.1. The summed E-state index contributed by atoms with van der Waals surface area (Å²) in [6, 6.07) is 14.4. The number of Topliss-reactive ketones (excluding diaryl/α,β-unsaturated/α-hetero) is 1. The highest BCUT2D eigenvalue weighted by molar-refractivity contribution is 5.94. The van der Waals surface area contributed by atoms with Gasteiger partial charge in [-0.25, -0.2) is 4.98 Å². The fraction of sp³-hybridized carbons (Fsp3) is 0.364. The van der Waals surface area contributed by atoms with Crippen LogP contribution in [-0.4, -0.2) is 46.4 Å². The summed E-state index contributed by atoms with van der Waals surface area (Å²) in [4.78, 5) is 20.4. The SMILES string of the molecule is CC(=O)c1ccc(N2CCN([C@H](C)c3nc4ccccc4n3C(F)F)CC2)cc1. The number of rotatable bonds is 5. The molecule has 0 bridgehead atoms. The molecule has 5 nitrogen and oxygen atoms in total. The molecule has 29 heavy (non-hydrogen) atoms. The maximum absolute atomic E-state index is 13.8. The average Bonchev–Trinajstić information content (AvgIpc) is 3.13. The lowest BCUT2D eigenvalue weighted by Crippen LogP contribution is -2.47. The number of halogens is 2. The van der Waals surface area contributed by atoms with Crippen LogP contribution < -0.4 is 4.90 Å². The quantitative estimate of drug-likeness (QED) is 0.593. The molecule has 0 N–H and O–H groups in total. The summed E-state index contributed by atoms with van der Waals surface area (Å²) in [5.41, 5.74) is 2.83. The second-order valence-corrected chi connectivity index (χ2v) is 7.41. The number of ketones is 1. The van der Waals surface area contributed by atoms with Crippen molar-refractivity contribution < 1.29 is 13.6 Å². The van der Waals surface area contributed by atoms with E-state index in [1.807, 2.05) is 37.3 Å². The van der Waals surface area contributed by atoms with Gasteiger partial charge in [0.25, 0.3) is 0 Å². The van der Waals surface area contributed by atoms with E-state index >= 15 is 0 Å². The van der Waals surface area contributed by atoms with Crippen molar-refractivity contribution in [3.63, 3.8) is 0 Å². The van der Waals surface area contributed by atoms with Gasteiger partial charge in [-0.05, 0) is 50.2 Å². The molecular weight excluding hydrogens is 374 g/mol. The summed E-state index contributed by atoms with van der Waals surface area (Å²) in [6.07, 6.45) is 0. The zero-order valence-corrected chi connectivity index (χ0v) is 16.6. The van der Waals surface area contributed by atoms with Crippen LogP contribution in [0.4, 0.5) is 14.5 Å². The number of anilines is 1. The summed E-state index contributed by atoms with van der Waals surface area (Å²) in [6.45, 7) is 3.96. The van der Waals surface area contributed by atoms with Crippen LogP contribution in [-0.2, 0) is 0 Å². The molecule has 7 heteroatoms. The minimum absolute atomic E-state index is 0.0529. The Morgan fingerprint density at radius 1 is 1.00 bits per heavy atom. The van der Waals surface area contributed by atoms with E-state index in [0.717, 1.165) is 36.4 Å². The van der Waals surface area contributed by atoms with E-state index in [9.17, 15) is 13.6 Å². The van der Waals surface area contributed by atoms with Crippen LogP contribution >= 0.6 is 0 Å². The number of aromatic nitrogens is 2. The number of para-hydroxylation sites is 2. The zero-order valence-electron chi connectivity index (χ0n) is 16.6. The van der Waals surface area contributed by atoms with Gasteiger partial charge in [-0.1, -0.05) is 12.1 Å². The molecular formula is C22H24F2N4O. The van der Waals surface area contributed by atoms with Gasteiger partial charge >= 0.3 is 6.55 Å². The van der Waals surface area contributed by atoms with Crippen molar-refractivity contribution in [1.29, 1.82) is 0 Å². The third-order valence-electron chi connectivity index (χ3n) is 5.69. The van der Waals surface area contributed by atoms with E-state index in [1.54, 1.807) is 25.1 Å². The van der Waals surface area contributed by atoms with Gasteiger partial charge in [-0.2, -0.15) is 8.78 Å². The topological polar surface area (TPSA) is 41.4 Å². The molecule has 0 radical (unpaired) electrons. The summed E-state index contributed by atoms with van der Waals surface area (Å²) < 4.78 is 28.6. The third kappa shape index (κ3) is 3.74. The number of fused-ring (bicyclic) bond motifs is 1. The first kappa shape index (κ1) is 19.5. The van der Waals surface area contributed by atoms with Gasteiger partial charge in [-0.15, -0.1) is 0 Å². The molecule has 2 aromatic carbocycles. The molecule has 1 aliphatic heterocycles. The van der Waals surface area contributed by atoms with Crippen molar-refractivity contribution in [2.45, 2.75) is 26.4 Å². The molecule has 4 rings (SSSR count). The average molecular weight is 398 g/mol. The molecule has 1 saturated heterocycles. The van der Waals surface area contributed by atoms with Crippen molar-refractivity contribution in [2.24, 2.45) is 0 Å². The number of nitrogens with zero attached hydrogens (tertiary/aromatic N) is 4. The Bertz CT molecular complexity index is 1010. The van der Waals surface area contributed by atoms with Crippen molar-refractivity contribution in [3.8, 4) is 0 Å². The van der Waals surface area contributed by atoms with E-state index < -0.39 is 6.55 Å². The van der Waals surface area contributed by atoms with Crippen molar-refractivity contribution in [1.82, 2.24) is 14.5 Å². The maximum Gasteiger partial charge on any atom is 0.320 e. The van der Waals surface area contributed by atoms with E-state index in [2.05, 4.69) is 14.8 Å². The predicted octanol–water partition coefficient (Wildman–Crippen LogP) is 4.52. The summed E-state index contributed by atoms with van der Waals surface area (Å²) in [7, 11) is 0. The highest BCUT2D eigenvalue weighted by Crippen LogP contribution is 2.30. The number of piperazine rings is 1. The van der Waals surface area contributed by atoms with E-state index in [-0.39, 0.29) is 11.8 Å². The first-order chi connectivity index (χ1) is 14.0. The fourth-order valence-corrected chi connectivity index (χ4v) is 4.00. The van der Waals surface area contributed by atoms with E-state index in [0.29, 0.717) is 22.4 Å². The Kier molecular flexibility index (Phi) is 5.32. The summed E-state index contributed by atoms with van der Waals surface area (Å²) >= 11 is 0. The lowest BCUT2D eigenvalue weighted by Gasteiger charge is -2.39. The summed E-state index contributed by atoms with van der Waals surface area (Å²) in [5.74, 6) is 0.456. The predicted molar refractivity (Wildman–Crippen MR) is 110 cm³/mol. The molecule has 1 aliphatic rings. The second-order valence-electron chi connectivity index (χ2n) is 7.41. The molecule has 1 atom stereocenters. The van der Waals surface area contributed by atoms with Crippen LogP contribution in [0.25, 0.3) is 11.0 Å². The van der Waals surface area contributed by atoms with Crippen LogP contribution in [0.5, 0.6) is 0 Å². The Labute approximate surface area is 168 Å². The molecule has 0 unspecified atom stereocenters. The van der Waals surface area contributed by atoms with Crippen LogP contribution in [0.1, 0.15) is 42.6 Å². The van der Waals surface area contributed by atoms with Gasteiger partial charge in [0.05, 0.1) is 17.1 Å². The van der Waals surface area contributed by atoms with Gasteiger partial charge in [0.1, 0.15) is 5.82 Å². The number of hydrogen-bond donors (Lipinski definition) is 0. The monoisotopic (exact) mass is 398 g/mol. The summed E-state index contributed by atoms with van der Waals surface area (Å²) in [5, 5.41) is 0. The minimum Gasteiger partial charge on any atom is -0.369 e. The van der Waals surface area contributed by atoms with Gasteiger partial charge in [-0.3, -0.25) is 14.3 Å². The van der Waals surface area contributed by atoms with Crippen LogP contribution in [0.15, 0.2) is 48.5 Å². The molecule has 0 spiro atoms. The van der Waals surface area contributed by atoms with Crippen molar-refractivity contribution in [3.05, 3.63) is 59.9 Å². The van der Waals surface area contributed by atoms with Gasteiger partial charge < -0.3 is 4.90 Å². The Hall–Kier alpha value is -2.80. The second kappa shape index (κ2) is 7.91. The molecule has 0 saturated carbocycles. The number of benzene rings is 2. The van der Waals surface area contributed by atoms with Gasteiger partial charge in [0.2, 0.25) is 0 Å². The normalized spacial score (nSPS) is 16.5. The third-order valence-corrected chi connectivity index (χ3v) is 5.69. The molecule has 152 valence electrons. The molecule has 2 heterocycles. The Morgan fingerprint density at radius 2 is 1.66 bits per heavy atom. The maximum atomic E-state index is 13.8. The fourth-order valence-electron chi connectivity index (χ4n) is 4.00.